The quantitative estimate of drug-likeness (QED) is 0.152. The lowest BCUT2D eigenvalue weighted by Crippen LogP contribution is -2.10. The Kier molecular flexibility index (Phi) is 9.76. The van der Waals surface area contributed by atoms with E-state index in [9.17, 15) is 0 Å². The molecule has 5 aromatic carbocycles. The first-order chi connectivity index (χ1) is 22.3. The largest absolute Gasteiger partial charge is 0.493 e. The van der Waals surface area contributed by atoms with Crippen molar-refractivity contribution in [1.29, 1.82) is 0 Å². The van der Waals surface area contributed by atoms with Crippen LogP contribution in [0.2, 0.25) is 5.02 Å². The maximum absolute atomic E-state index is 6.43. The standard InChI is InChI=1S/C39H36ClN4OS/c1-39(2,3)31-17-14-29(15-18-31)37-42-43-38(44(37)34-21-19-32(40)20-22-34)46-35-23-16-30(27-41-33-12-8-5-9-13-33)36(26-35)45-25-24-28-10-6-4-7-11-28/h4,6-23,26,41H,24-25,27H2,1-3H3. The first-order valence-corrected chi connectivity index (χ1v) is 16.5. The Morgan fingerprint density at radius 3 is 2.30 bits per heavy atom. The van der Waals surface area contributed by atoms with E-state index in [2.05, 4.69) is 114 Å². The minimum atomic E-state index is 0.0612. The van der Waals surface area contributed by atoms with Crippen molar-refractivity contribution >= 4 is 29.1 Å². The van der Waals surface area contributed by atoms with E-state index < -0.39 is 0 Å². The number of hydrogen-bond donors (Lipinski definition) is 1. The summed E-state index contributed by atoms with van der Waals surface area (Å²) in [6.07, 6.45) is 0.821. The number of nitrogens with one attached hydrogen (secondary N) is 1. The third kappa shape index (κ3) is 7.82. The minimum absolute atomic E-state index is 0.0612. The van der Waals surface area contributed by atoms with Gasteiger partial charge in [0, 0.05) is 45.4 Å². The van der Waals surface area contributed by atoms with Crippen molar-refractivity contribution < 1.29 is 4.74 Å². The molecule has 1 N–H and O–H groups in total. The van der Waals surface area contributed by atoms with E-state index in [0.29, 0.717) is 18.2 Å². The highest BCUT2D eigenvalue weighted by molar-refractivity contribution is 7.99. The van der Waals surface area contributed by atoms with Gasteiger partial charge in [0.25, 0.3) is 0 Å². The van der Waals surface area contributed by atoms with Crippen LogP contribution in [0.25, 0.3) is 17.1 Å². The Morgan fingerprint density at radius 2 is 1.59 bits per heavy atom. The summed E-state index contributed by atoms with van der Waals surface area (Å²) in [7, 11) is 0. The number of nitrogens with zero attached hydrogens (tertiary/aromatic N) is 3. The Labute approximate surface area is 280 Å². The zero-order chi connectivity index (χ0) is 31.9. The summed E-state index contributed by atoms with van der Waals surface area (Å²) in [5, 5.41) is 14.3. The van der Waals surface area contributed by atoms with Crippen molar-refractivity contribution in [3.63, 3.8) is 0 Å². The molecule has 6 aromatic rings. The van der Waals surface area contributed by atoms with Gasteiger partial charge in [0.1, 0.15) is 5.75 Å². The second kappa shape index (κ2) is 14.3. The molecular formula is C39H36ClN4OS. The van der Waals surface area contributed by atoms with E-state index >= 15 is 0 Å². The Balaban J connectivity index is 1.31. The number of rotatable bonds is 11. The van der Waals surface area contributed by atoms with Gasteiger partial charge in [-0.2, -0.15) is 0 Å². The summed E-state index contributed by atoms with van der Waals surface area (Å²) in [4.78, 5) is 1.00. The zero-order valence-electron chi connectivity index (χ0n) is 26.2. The fourth-order valence-electron chi connectivity index (χ4n) is 5.07. The third-order valence-electron chi connectivity index (χ3n) is 7.67. The normalized spacial score (nSPS) is 11.4. The van der Waals surface area contributed by atoms with Gasteiger partial charge in [-0.1, -0.05) is 105 Å². The third-order valence-corrected chi connectivity index (χ3v) is 8.86. The van der Waals surface area contributed by atoms with E-state index in [1.54, 1.807) is 11.8 Å². The zero-order valence-corrected chi connectivity index (χ0v) is 27.8. The molecule has 46 heavy (non-hydrogen) atoms. The van der Waals surface area contributed by atoms with Gasteiger partial charge in [0.05, 0.1) is 6.61 Å². The van der Waals surface area contributed by atoms with Crippen LogP contribution in [0, 0.1) is 6.07 Å². The molecule has 231 valence electrons. The molecular weight excluding hydrogens is 608 g/mol. The van der Waals surface area contributed by atoms with E-state index in [1.807, 2.05) is 54.6 Å². The average Bonchev–Trinajstić information content (AvgIpc) is 3.48. The van der Waals surface area contributed by atoms with E-state index in [-0.39, 0.29) is 5.41 Å². The lowest BCUT2D eigenvalue weighted by atomic mass is 9.87. The van der Waals surface area contributed by atoms with Crippen molar-refractivity contribution in [2.75, 3.05) is 11.9 Å². The fraction of sp³-hybridized carbons (Fsp3) is 0.179. The van der Waals surface area contributed by atoms with Crippen molar-refractivity contribution in [3.05, 3.63) is 149 Å². The highest BCUT2D eigenvalue weighted by Gasteiger charge is 2.19. The van der Waals surface area contributed by atoms with Crippen LogP contribution in [0.4, 0.5) is 5.69 Å². The Hall–Kier alpha value is -4.52. The molecule has 0 spiro atoms. The number of benzene rings is 5. The molecule has 6 rings (SSSR count). The predicted molar refractivity (Wildman–Crippen MR) is 189 cm³/mol. The smallest absolute Gasteiger partial charge is 0.200 e. The molecule has 0 atom stereocenters. The van der Waals surface area contributed by atoms with Gasteiger partial charge in [0.2, 0.25) is 5.16 Å². The SMILES string of the molecule is CC(C)(C)c1ccc(-c2nnc(Sc3ccc(CNc4cc[c]cc4)c(OCCc4ccccc4)c3)n2-c2ccc(Cl)cc2)cc1. The lowest BCUT2D eigenvalue weighted by Gasteiger charge is -2.19. The van der Waals surface area contributed by atoms with Gasteiger partial charge >= 0.3 is 0 Å². The molecule has 0 aliphatic heterocycles. The Morgan fingerprint density at radius 1 is 0.848 bits per heavy atom. The molecule has 0 saturated carbocycles. The molecule has 0 aliphatic carbocycles. The van der Waals surface area contributed by atoms with Gasteiger partial charge in [0.15, 0.2) is 5.82 Å². The molecule has 1 aromatic heterocycles. The second-order valence-electron chi connectivity index (χ2n) is 12.0. The summed E-state index contributed by atoms with van der Waals surface area (Å²) in [6, 6.07) is 44.0. The summed E-state index contributed by atoms with van der Waals surface area (Å²) in [5.74, 6) is 1.61. The van der Waals surface area contributed by atoms with Gasteiger partial charge in [-0.25, -0.2) is 0 Å². The average molecular weight is 644 g/mol. The van der Waals surface area contributed by atoms with Crippen LogP contribution in [0.5, 0.6) is 5.75 Å². The minimum Gasteiger partial charge on any atom is -0.493 e. The molecule has 5 nitrogen and oxygen atoms in total. The molecule has 7 heteroatoms. The number of aromatic nitrogens is 3. The fourth-order valence-corrected chi connectivity index (χ4v) is 6.08. The monoisotopic (exact) mass is 643 g/mol. The summed E-state index contributed by atoms with van der Waals surface area (Å²) in [6.45, 7) is 7.85. The van der Waals surface area contributed by atoms with E-state index in [4.69, 9.17) is 16.3 Å². The first kappa shape index (κ1) is 31.5. The number of hydrogen-bond acceptors (Lipinski definition) is 5. The van der Waals surface area contributed by atoms with Crippen molar-refractivity contribution in [1.82, 2.24) is 14.8 Å². The summed E-state index contributed by atoms with van der Waals surface area (Å²) < 4.78 is 8.52. The number of halogens is 1. The molecule has 0 unspecified atom stereocenters. The molecule has 0 bridgehead atoms. The van der Waals surface area contributed by atoms with Gasteiger partial charge < -0.3 is 10.1 Å². The maximum Gasteiger partial charge on any atom is 0.200 e. The second-order valence-corrected chi connectivity index (χ2v) is 13.5. The van der Waals surface area contributed by atoms with E-state index in [0.717, 1.165) is 50.5 Å². The molecule has 0 aliphatic rings. The lowest BCUT2D eigenvalue weighted by molar-refractivity contribution is 0.318. The number of anilines is 1. The van der Waals surface area contributed by atoms with Crippen LogP contribution in [0.3, 0.4) is 0 Å². The van der Waals surface area contributed by atoms with Crippen LogP contribution in [0.1, 0.15) is 37.5 Å². The highest BCUT2D eigenvalue weighted by Crippen LogP contribution is 2.36. The van der Waals surface area contributed by atoms with Crippen LogP contribution < -0.4 is 10.1 Å². The molecule has 1 radical (unpaired) electrons. The maximum atomic E-state index is 6.43. The Bertz CT molecular complexity index is 1870. The van der Waals surface area contributed by atoms with Crippen molar-refractivity contribution in [2.24, 2.45) is 0 Å². The van der Waals surface area contributed by atoms with Crippen LogP contribution >= 0.6 is 23.4 Å². The van der Waals surface area contributed by atoms with Gasteiger partial charge in [-0.3, -0.25) is 4.57 Å². The van der Waals surface area contributed by atoms with Crippen LogP contribution in [-0.2, 0) is 18.4 Å². The van der Waals surface area contributed by atoms with Gasteiger partial charge in [-0.05, 0) is 82.9 Å². The topological polar surface area (TPSA) is 52.0 Å². The van der Waals surface area contributed by atoms with Gasteiger partial charge in [-0.15, -0.1) is 10.2 Å². The van der Waals surface area contributed by atoms with Crippen molar-refractivity contribution in [3.8, 4) is 22.8 Å². The molecule has 0 saturated heterocycles. The highest BCUT2D eigenvalue weighted by atomic mass is 35.5. The molecule has 0 amide bonds. The van der Waals surface area contributed by atoms with Crippen LogP contribution in [-0.4, -0.2) is 21.4 Å². The predicted octanol–water partition coefficient (Wildman–Crippen LogP) is 10.1. The van der Waals surface area contributed by atoms with Crippen molar-refractivity contribution in [2.45, 2.75) is 49.2 Å². The molecule has 0 fully saturated rings. The molecule has 1 heterocycles. The van der Waals surface area contributed by atoms with Crippen LogP contribution in [0.15, 0.2) is 131 Å². The summed E-state index contributed by atoms with van der Waals surface area (Å²) in [5.41, 5.74) is 6.61. The first-order valence-electron chi connectivity index (χ1n) is 15.3. The van der Waals surface area contributed by atoms with E-state index in [1.165, 1.54) is 11.1 Å². The summed E-state index contributed by atoms with van der Waals surface area (Å²) >= 11 is 7.83. The number of ether oxygens (including phenoxy) is 1.